The number of hydrogen-bond donors (Lipinski definition) is 1. The lowest BCUT2D eigenvalue weighted by Gasteiger charge is -2.16. The molecule has 2 amide bonds. The first-order chi connectivity index (χ1) is 11.0. The molecule has 1 aliphatic rings. The van der Waals surface area contributed by atoms with Crippen LogP contribution < -0.4 is 5.32 Å². The Balaban J connectivity index is 1.60. The number of aryl methyl sites for hydroxylation is 1. The normalized spacial score (nSPS) is 17.6. The predicted molar refractivity (Wildman–Crippen MR) is 90.5 cm³/mol. The monoisotopic (exact) mass is 349 g/mol. The fraction of sp³-hybridized carbons (Fsp3) is 0.312. The zero-order chi connectivity index (χ0) is 16.4. The van der Waals surface area contributed by atoms with Gasteiger partial charge in [0.05, 0.1) is 11.6 Å². The summed E-state index contributed by atoms with van der Waals surface area (Å²) < 4.78 is 0. The third-order valence-corrected chi connectivity index (χ3v) is 4.85. The fourth-order valence-electron chi connectivity index (χ4n) is 2.53. The van der Waals surface area contributed by atoms with Gasteiger partial charge < -0.3 is 10.2 Å². The number of benzene rings is 1. The van der Waals surface area contributed by atoms with Crippen LogP contribution in [0.5, 0.6) is 0 Å². The van der Waals surface area contributed by atoms with E-state index in [-0.39, 0.29) is 24.2 Å². The molecule has 23 heavy (non-hydrogen) atoms. The second-order valence-corrected chi connectivity index (χ2v) is 6.88. The number of nitrogens with zero attached hydrogens (tertiary/aromatic N) is 2. The summed E-state index contributed by atoms with van der Waals surface area (Å²) >= 11 is 7.25. The molecule has 1 aliphatic heterocycles. The Bertz CT molecular complexity index is 729. The van der Waals surface area contributed by atoms with Crippen LogP contribution in [0.1, 0.15) is 17.7 Å². The number of likely N-dealkylation sites (tertiary alicyclic amines) is 1. The first-order valence-corrected chi connectivity index (χ1v) is 8.52. The van der Waals surface area contributed by atoms with Crippen LogP contribution in [0.15, 0.2) is 29.6 Å². The largest absolute Gasteiger partial charge is 0.338 e. The van der Waals surface area contributed by atoms with Crippen LogP contribution in [-0.4, -0.2) is 28.2 Å². The van der Waals surface area contributed by atoms with Gasteiger partial charge in [-0.1, -0.05) is 23.7 Å². The lowest BCUT2D eigenvalue weighted by Crippen LogP contribution is -2.28. The predicted octanol–water partition coefficient (Wildman–Crippen LogP) is 3.09. The van der Waals surface area contributed by atoms with Crippen LogP contribution in [0.4, 0.5) is 5.13 Å². The Morgan fingerprint density at radius 1 is 1.43 bits per heavy atom. The molecule has 5 nitrogen and oxygen atoms in total. The molecule has 0 spiro atoms. The molecule has 2 aromatic rings. The Morgan fingerprint density at radius 2 is 2.17 bits per heavy atom. The Morgan fingerprint density at radius 3 is 2.83 bits per heavy atom. The number of aromatic nitrogens is 1. The molecule has 3 rings (SSSR count). The van der Waals surface area contributed by atoms with Crippen molar-refractivity contribution in [1.82, 2.24) is 9.88 Å². The summed E-state index contributed by atoms with van der Waals surface area (Å²) in [6.45, 7) is 2.80. The molecule has 1 aromatic heterocycles. The SMILES string of the molecule is Cc1csc(NC(=O)[C@@H]2CC(=O)N(Cc3ccc(Cl)cc3)C2)n1. The number of thiazole rings is 1. The highest BCUT2D eigenvalue weighted by Crippen LogP contribution is 2.23. The standard InChI is InChI=1S/C16H16ClN3O2S/c1-10-9-23-16(18-10)19-15(22)12-6-14(21)20(8-12)7-11-2-4-13(17)5-3-11/h2-5,9,12H,6-8H2,1H3,(H,18,19,22)/t12-/m1/s1. The maximum atomic E-state index is 12.3. The Hall–Kier alpha value is -1.92. The number of nitrogens with one attached hydrogen (secondary N) is 1. The second kappa shape index (κ2) is 6.68. The molecule has 1 N–H and O–H groups in total. The van der Waals surface area contributed by atoms with Crippen molar-refractivity contribution in [2.75, 3.05) is 11.9 Å². The van der Waals surface area contributed by atoms with Crippen LogP contribution in [0.2, 0.25) is 5.02 Å². The minimum Gasteiger partial charge on any atom is -0.338 e. The van der Waals surface area contributed by atoms with Crippen molar-refractivity contribution in [3.05, 3.63) is 45.9 Å². The molecule has 0 radical (unpaired) electrons. The van der Waals surface area contributed by atoms with Gasteiger partial charge >= 0.3 is 0 Å². The third-order valence-electron chi connectivity index (χ3n) is 3.72. The fourth-order valence-corrected chi connectivity index (χ4v) is 3.35. The molecule has 1 aromatic carbocycles. The summed E-state index contributed by atoms with van der Waals surface area (Å²) in [5, 5.41) is 5.91. The van der Waals surface area contributed by atoms with Gasteiger partial charge in [0.2, 0.25) is 11.8 Å². The number of amides is 2. The highest BCUT2D eigenvalue weighted by molar-refractivity contribution is 7.13. The molecule has 1 atom stereocenters. The van der Waals surface area contributed by atoms with Crippen LogP contribution >= 0.6 is 22.9 Å². The van der Waals surface area contributed by atoms with Crippen molar-refractivity contribution in [2.45, 2.75) is 19.9 Å². The highest BCUT2D eigenvalue weighted by Gasteiger charge is 2.34. The van der Waals surface area contributed by atoms with Crippen molar-refractivity contribution in [2.24, 2.45) is 5.92 Å². The van der Waals surface area contributed by atoms with E-state index in [1.807, 2.05) is 24.4 Å². The smallest absolute Gasteiger partial charge is 0.231 e. The summed E-state index contributed by atoms with van der Waals surface area (Å²) in [7, 11) is 0. The van der Waals surface area contributed by atoms with Gasteiger partial charge in [-0.05, 0) is 24.6 Å². The van der Waals surface area contributed by atoms with Crippen molar-refractivity contribution in [3.8, 4) is 0 Å². The first kappa shape index (κ1) is 16.0. The maximum absolute atomic E-state index is 12.3. The minimum absolute atomic E-state index is 0.00424. The summed E-state index contributed by atoms with van der Waals surface area (Å²) in [4.78, 5) is 30.3. The van der Waals surface area contributed by atoms with Crippen molar-refractivity contribution >= 4 is 39.9 Å². The summed E-state index contributed by atoms with van der Waals surface area (Å²) in [5.41, 5.74) is 1.87. The molecule has 0 unspecified atom stereocenters. The van der Waals surface area contributed by atoms with Gasteiger partial charge in [0.15, 0.2) is 5.13 Å². The molecule has 0 saturated carbocycles. The zero-order valence-corrected chi connectivity index (χ0v) is 14.2. The number of hydrogen-bond acceptors (Lipinski definition) is 4. The third kappa shape index (κ3) is 3.89. The van der Waals surface area contributed by atoms with Gasteiger partial charge in [0.1, 0.15) is 0 Å². The lowest BCUT2D eigenvalue weighted by molar-refractivity contribution is -0.128. The molecule has 7 heteroatoms. The van der Waals surface area contributed by atoms with Gasteiger partial charge in [-0.2, -0.15) is 0 Å². The maximum Gasteiger partial charge on any atom is 0.231 e. The number of halogens is 1. The molecule has 1 saturated heterocycles. The van der Waals surface area contributed by atoms with Gasteiger partial charge in [0.25, 0.3) is 0 Å². The van der Waals surface area contributed by atoms with E-state index >= 15 is 0 Å². The summed E-state index contributed by atoms with van der Waals surface area (Å²) in [5.74, 6) is -0.485. The van der Waals surface area contributed by atoms with Crippen LogP contribution in [0.25, 0.3) is 0 Å². The van der Waals surface area contributed by atoms with Gasteiger partial charge in [-0.3, -0.25) is 9.59 Å². The van der Waals surface area contributed by atoms with E-state index in [1.165, 1.54) is 11.3 Å². The molecule has 1 fully saturated rings. The molecular weight excluding hydrogens is 334 g/mol. The Kier molecular flexibility index (Phi) is 4.63. The van der Waals surface area contributed by atoms with Crippen molar-refractivity contribution in [1.29, 1.82) is 0 Å². The molecule has 120 valence electrons. The number of carbonyl (C=O) groups is 2. The molecule has 0 bridgehead atoms. The van der Waals surface area contributed by atoms with E-state index in [0.29, 0.717) is 23.2 Å². The Labute approximate surface area is 143 Å². The summed E-state index contributed by atoms with van der Waals surface area (Å²) in [6, 6.07) is 7.38. The zero-order valence-electron chi connectivity index (χ0n) is 12.6. The van der Waals surface area contributed by atoms with Gasteiger partial charge in [-0.25, -0.2) is 4.98 Å². The number of rotatable bonds is 4. The minimum atomic E-state index is -0.334. The van der Waals surface area contributed by atoms with E-state index < -0.39 is 0 Å². The van der Waals surface area contributed by atoms with Crippen molar-refractivity contribution < 1.29 is 9.59 Å². The summed E-state index contributed by atoms with van der Waals surface area (Å²) in [6.07, 6.45) is 0.240. The number of carbonyl (C=O) groups excluding carboxylic acids is 2. The van der Waals surface area contributed by atoms with Crippen LogP contribution in [0, 0.1) is 12.8 Å². The van der Waals surface area contributed by atoms with E-state index in [4.69, 9.17) is 11.6 Å². The lowest BCUT2D eigenvalue weighted by atomic mass is 10.1. The van der Waals surface area contributed by atoms with E-state index in [9.17, 15) is 9.59 Å². The van der Waals surface area contributed by atoms with E-state index in [2.05, 4.69) is 10.3 Å². The quantitative estimate of drug-likeness (QED) is 0.922. The first-order valence-electron chi connectivity index (χ1n) is 7.26. The topological polar surface area (TPSA) is 62.3 Å². The number of anilines is 1. The second-order valence-electron chi connectivity index (χ2n) is 5.59. The highest BCUT2D eigenvalue weighted by atomic mass is 35.5. The average molecular weight is 350 g/mol. The molecule has 2 heterocycles. The van der Waals surface area contributed by atoms with Gasteiger partial charge in [0, 0.05) is 29.9 Å². The van der Waals surface area contributed by atoms with E-state index in [0.717, 1.165) is 11.3 Å². The van der Waals surface area contributed by atoms with Crippen LogP contribution in [-0.2, 0) is 16.1 Å². The molecular formula is C16H16ClN3O2S. The average Bonchev–Trinajstić information content (AvgIpc) is 3.08. The molecule has 0 aliphatic carbocycles. The van der Waals surface area contributed by atoms with Crippen molar-refractivity contribution in [3.63, 3.8) is 0 Å². The van der Waals surface area contributed by atoms with E-state index in [1.54, 1.807) is 17.0 Å². The van der Waals surface area contributed by atoms with Crippen LogP contribution in [0.3, 0.4) is 0 Å². The van der Waals surface area contributed by atoms with Gasteiger partial charge in [-0.15, -0.1) is 11.3 Å².